The summed E-state index contributed by atoms with van der Waals surface area (Å²) in [6, 6.07) is 6.53. The fourth-order valence-electron chi connectivity index (χ4n) is 1.83. The van der Waals surface area contributed by atoms with Crippen molar-refractivity contribution in [2.45, 2.75) is 13.8 Å². The summed E-state index contributed by atoms with van der Waals surface area (Å²) in [5.41, 5.74) is 0.984. The standard InChI is InChI=1S/C15H11N3O3S/c1-3-21-15(20)13-8(2)18-14(22-13)9-4-10(6-16)12(19)11(5-9)7-17/h4-5,19H,3H2,1-2H3. The maximum Gasteiger partial charge on any atom is 0.350 e. The lowest BCUT2D eigenvalue weighted by Crippen LogP contribution is -2.03. The lowest BCUT2D eigenvalue weighted by atomic mass is 10.1. The molecule has 0 saturated carbocycles. The van der Waals surface area contributed by atoms with Gasteiger partial charge in [-0.3, -0.25) is 0 Å². The minimum Gasteiger partial charge on any atom is -0.505 e. The summed E-state index contributed by atoms with van der Waals surface area (Å²) in [5.74, 6) is -0.809. The number of esters is 1. The van der Waals surface area contributed by atoms with E-state index in [-0.39, 0.29) is 23.5 Å². The van der Waals surface area contributed by atoms with Crippen molar-refractivity contribution in [1.82, 2.24) is 4.98 Å². The highest BCUT2D eigenvalue weighted by atomic mass is 32.1. The van der Waals surface area contributed by atoms with Crippen LogP contribution in [0.25, 0.3) is 10.6 Å². The molecule has 1 aromatic carbocycles. The van der Waals surface area contributed by atoms with Gasteiger partial charge < -0.3 is 9.84 Å². The van der Waals surface area contributed by atoms with Crippen LogP contribution in [0.4, 0.5) is 0 Å². The van der Waals surface area contributed by atoms with Gasteiger partial charge in [0.1, 0.15) is 22.0 Å². The number of aromatic nitrogens is 1. The molecular weight excluding hydrogens is 302 g/mol. The van der Waals surface area contributed by atoms with Crippen molar-refractivity contribution in [3.05, 3.63) is 33.8 Å². The highest BCUT2D eigenvalue weighted by Gasteiger charge is 2.19. The number of aryl methyl sites for hydroxylation is 1. The topological polar surface area (TPSA) is 107 Å². The molecule has 0 fully saturated rings. The number of thiazole rings is 1. The quantitative estimate of drug-likeness (QED) is 0.873. The molecule has 0 bridgehead atoms. The van der Waals surface area contributed by atoms with Crippen LogP contribution in [-0.4, -0.2) is 22.7 Å². The number of nitrogens with zero attached hydrogens (tertiary/aromatic N) is 3. The van der Waals surface area contributed by atoms with Gasteiger partial charge in [0, 0.05) is 5.56 Å². The van der Waals surface area contributed by atoms with E-state index in [0.717, 1.165) is 11.3 Å². The first-order chi connectivity index (χ1) is 10.5. The molecule has 6 nitrogen and oxygen atoms in total. The zero-order chi connectivity index (χ0) is 16.3. The van der Waals surface area contributed by atoms with Crippen molar-refractivity contribution in [1.29, 1.82) is 10.5 Å². The Balaban J connectivity index is 2.54. The average molecular weight is 313 g/mol. The molecule has 0 spiro atoms. The summed E-state index contributed by atoms with van der Waals surface area (Å²) in [6.45, 7) is 3.67. The van der Waals surface area contributed by atoms with Crippen LogP contribution in [-0.2, 0) is 4.74 Å². The lowest BCUT2D eigenvalue weighted by Gasteiger charge is -2.02. The molecule has 0 amide bonds. The molecule has 0 aliphatic rings. The summed E-state index contributed by atoms with van der Waals surface area (Å²) in [5, 5.41) is 28.3. The van der Waals surface area contributed by atoms with Gasteiger partial charge in [-0.2, -0.15) is 10.5 Å². The Morgan fingerprint density at radius 1 is 1.36 bits per heavy atom. The van der Waals surface area contributed by atoms with Gasteiger partial charge in [-0.05, 0) is 26.0 Å². The summed E-state index contributed by atoms with van der Waals surface area (Å²) < 4.78 is 4.95. The van der Waals surface area contributed by atoms with Crippen LogP contribution in [0.3, 0.4) is 0 Å². The van der Waals surface area contributed by atoms with Gasteiger partial charge in [0.2, 0.25) is 0 Å². The smallest absolute Gasteiger partial charge is 0.350 e. The van der Waals surface area contributed by atoms with E-state index in [4.69, 9.17) is 15.3 Å². The Morgan fingerprint density at radius 3 is 2.45 bits per heavy atom. The number of rotatable bonds is 3. The fourth-order valence-corrected chi connectivity index (χ4v) is 2.78. The number of phenolic OH excluding ortho intramolecular Hbond substituents is 1. The Hall–Kier alpha value is -2.90. The maximum atomic E-state index is 11.8. The SMILES string of the molecule is CCOC(=O)c1sc(-c2cc(C#N)c(O)c(C#N)c2)nc1C. The summed E-state index contributed by atoms with van der Waals surface area (Å²) in [4.78, 5) is 16.5. The molecule has 0 unspecified atom stereocenters. The van der Waals surface area contributed by atoms with E-state index in [1.165, 1.54) is 12.1 Å². The van der Waals surface area contributed by atoms with Crippen LogP contribution < -0.4 is 0 Å². The molecule has 1 N–H and O–H groups in total. The third-order valence-electron chi connectivity index (χ3n) is 2.86. The molecule has 7 heteroatoms. The van der Waals surface area contributed by atoms with E-state index in [1.807, 2.05) is 12.1 Å². The molecule has 0 aliphatic heterocycles. The highest BCUT2D eigenvalue weighted by Crippen LogP contribution is 2.33. The van der Waals surface area contributed by atoms with Crippen molar-refractivity contribution in [2.24, 2.45) is 0 Å². The van der Waals surface area contributed by atoms with Crippen molar-refractivity contribution < 1.29 is 14.6 Å². The number of hydrogen-bond acceptors (Lipinski definition) is 7. The van der Waals surface area contributed by atoms with Crippen molar-refractivity contribution in [3.8, 4) is 28.5 Å². The van der Waals surface area contributed by atoms with Gasteiger partial charge in [0.25, 0.3) is 0 Å². The molecule has 0 atom stereocenters. The molecule has 110 valence electrons. The van der Waals surface area contributed by atoms with Crippen LogP contribution in [0.1, 0.15) is 33.4 Å². The number of ether oxygens (including phenoxy) is 1. The summed E-state index contributed by atoms with van der Waals surface area (Å²) in [6.07, 6.45) is 0. The van der Waals surface area contributed by atoms with E-state index in [2.05, 4.69) is 4.98 Å². The van der Waals surface area contributed by atoms with Crippen molar-refractivity contribution >= 4 is 17.3 Å². The number of aromatic hydroxyl groups is 1. The van der Waals surface area contributed by atoms with Crippen LogP contribution in [0.2, 0.25) is 0 Å². The second kappa shape index (κ2) is 6.25. The average Bonchev–Trinajstić information content (AvgIpc) is 2.89. The van der Waals surface area contributed by atoms with E-state index < -0.39 is 5.97 Å². The highest BCUT2D eigenvalue weighted by molar-refractivity contribution is 7.17. The van der Waals surface area contributed by atoms with Gasteiger partial charge >= 0.3 is 5.97 Å². The number of benzene rings is 1. The summed E-state index contributed by atoms with van der Waals surface area (Å²) in [7, 11) is 0. The first-order valence-electron chi connectivity index (χ1n) is 6.34. The first kappa shape index (κ1) is 15.5. The minimum atomic E-state index is -0.455. The molecular formula is C15H11N3O3S. The van der Waals surface area contributed by atoms with Crippen LogP contribution >= 0.6 is 11.3 Å². The number of nitriles is 2. The molecule has 2 aromatic rings. The third-order valence-corrected chi connectivity index (χ3v) is 4.04. The van der Waals surface area contributed by atoms with Gasteiger partial charge in [-0.15, -0.1) is 11.3 Å². The Labute approximate surface area is 130 Å². The van der Waals surface area contributed by atoms with Crippen LogP contribution in [0, 0.1) is 29.6 Å². The normalized spacial score (nSPS) is 9.82. The van der Waals surface area contributed by atoms with Gasteiger partial charge in [-0.1, -0.05) is 0 Å². The molecule has 22 heavy (non-hydrogen) atoms. The van der Waals surface area contributed by atoms with E-state index in [9.17, 15) is 9.90 Å². The zero-order valence-electron chi connectivity index (χ0n) is 11.9. The molecule has 0 saturated heterocycles. The Bertz CT molecular complexity index is 793. The van der Waals surface area contributed by atoms with Crippen LogP contribution in [0.15, 0.2) is 12.1 Å². The monoisotopic (exact) mass is 313 g/mol. The first-order valence-corrected chi connectivity index (χ1v) is 7.15. The van der Waals surface area contributed by atoms with Crippen LogP contribution in [0.5, 0.6) is 5.75 Å². The molecule has 0 aliphatic carbocycles. The predicted octanol–water partition coefficient (Wildman–Crippen LogP) is 2.74. The fraction of sp³-hybridized carbons (Fsp3) is 0.200. The number of phenols is 1. The molecule has 0 radical (unpaired) electrons. The largest absolute Gasteiger partial charge is 0.505 e. The van der Waals surface area contributed by atoms with E-state index in [1.54, 1.807) is 13.8 Å². The second-order valence-corrected chi connectivity index (χ2v) is 5.30. The predicted molar refractivity (Wildman–Crippen MR) is 79.3 cm³/mol. The van der Waals surface area contributed by atoms with E-state index >= 15 is 0 Å². The zero-order valence-corrected chi connectivity index (χ0v) is 12.7. The molecule has 1 heterocycles. The van der Waals surface area contributed by atoms with E-state index in [0.29, 0.717) is 21.1 Å². The number of carbonyl (C=O) groups excluding carboxylic acids is 1. The second-order valence-electron chi connectivity index (χ2n) is 4.30. The van der Waals surface area contributed by atoms with Crippen molar-refractivity contribution in [3.63, 3.8) is 0 Å². The van der Waals surface area contributed by atoms with Crippen molar-refractivity contribution in [2.75, 3.05) is 6.61 Å². The maximum absolute atomic E-state index is 11.8. The Kier molecular flexibility index (Phi) is 4.40. The molecule has 2 rings (SSSR count). The third kappa shape index (κ3) is 2.76. The summed E-state index contributed by atoms with van der Waals surface area (Å²) >= 11 is 1.12. The molecule has 1 aromatic heterocycles. The number of carbonyl (C=O) groups is 1. The Morgan fingerprint density at radius 2 is 1.95 bits per heavy atom. The van der Waals surface area contributed by atoms with Gasteiger partial charge in [-0.25, -0.2) is 9.78 Å². The van der Waals surface area contributed by atoms with Gasteiger partial charge in [0.05, 0.1) is 23.4 Å². The van der Waals surface area contributed by atoms with Gasteiger partial charge in [0.15, 0.2) is 5.75 Å². The lowest BCUT2D eigenvalue weighted by molar-refractivity contribution is 0.0531. The number of hydrogen-bond donors (Lipinski definition) is 1. The minimum absolute atomic E-state index is 0.0143.